The van der Waals surface area contributed by atoms with Gasteiger partial charge in [0, 0.05) is 6.07 Å². The summed E-state index contributed by atoms with van der Waals surface area (Å²) < 4.78 is 20.8. The fraction of sp³-hybridized carbons (Fsp3) is 0.391. The summed E-state index contributed by atoms with van der Waals surface area (Å²) in [5.41, 5.74) is 1.73. The second kappa shape index (κ2) is 11.1. The average Bonchev–Trinajstić information content (AvgIpc) is 2.68. The van der Waals surface area contributed by atoms with Crippen LogP contribution in [-0.2, 0) is 9.53 Å². The number of esters is 1. The van der Waals surface area contributed by atoms with E-state index < -0.39 is 11.6 Å². The maximum Gasteiger partial charge on any atom is 0.383 e. The van der Waals surface area contributed by atoms with E-state index in [-0.39, 0.29) is 36.9 Å². The Balaban J connectivity index is 2.09. The normalized spacial score (nSPS) is 11.3. The molecule has 0 aliphatic carbocycles. The Bertz CT molecular complexity index is 995. The Kier molecular flexibility index (Phi) is 8.53. The van der Waals surface area contributed by atoms with E-state index in [0.717, 1.165) is 18.4 Å². The van der Waals surface area contributed by atoms with Crippen molar-refractivity contribution in [1.29, 1.82) is 0 Å². The standard InChI is InChI=1S/C23H28O7/c1-5-27-20(24)14-29-17-9-10-18-19(13-17)30-23(26)22(21(18)25)28-12-11-16(4)8-6-7-15(2)3/h7,9-11,13,25H,5-6,8,12,14H2,1-4H3. The minimum atomic E-state index is -0.793. The molecule has 0 fully saturated rings. The van der Waals surface area contributed by atoms with Gasteiger partial charge >= 0.3 is 11.6 Å². The monoisotopic (exact) mass is 416 g/mol. The molecule has 0 bridgehead atoms. The van der Waals surface area contributed by atoms with E-state index in [1.807, 2.05) is 13.0 Å². The molecule has 0 saturated heterocycles. The highest BCUT2D eigenvalue weighted by Gasteiger charge is 2.16. The van der Waals surface area contributed by atoms with Crippen molar-refractivity contribution in [3.63, 3.8) is 0 Å². The number of hydrogen-bond acceptors (Lipinski definition) is 7. The van der Waals surface area contributed by atoms with Crippen LogP contribution in [0.4, 0.5) is 0 Å². The summed E-state index contributed by atoms with van der Waals surface area (Å²) in [5, 5.41) is 10.8. The molecule has 0 atom stereocenters. The van der Waals surface area contributed by atoms with Crippen LogP contribution >= 0.6 is 0 Å². The van der Waals surface area contributed by atoms with E-state index in [2.05, 4.69) is 19.9 Å². The van der Waals surface area contributed by atoms with Crippen molar-refractivity contribution in [2.45, 2.75) is 40.5 Å². The highest BCUT2D eigenvalue weighted by molar-refractivity contribution is 5.86. The first-order chi connectivity index (χ1) is 14.3. The molecule has 1 heterocycles. The number of hydrogen-bond donors (Lipinski definition) is 1. The van der Waals surface area contributed by atoms with Gasteiger partial charge in [0.1, 0.15) is 17.9 Å². The van der Waals surface area contributed by atoms with Crippen LogP contribution < -0.4 is 15.1 Å². The first-order valence-electron chi connectivity index (χ1n) is 9.81. The molecule has 0 saturated carbocycles. The summed E-state index contributed by atoms with van der Waals surface area (Å²) in [7, 11) is 0. The first-order valence-corrected chi connectivity index (χ1v) is 9.81. The second-order valence-corrected chi connectivity index (χ2v) is 7.00. The number of carbonyl (C=O) groups is 1. The lowest BCUT2D eigenvalue weighted by atomic mass is 10.1. The number of ether oxygens (including phenoxy) is 3. The number of aromatic hydroxyl groups is 1. The molecule has 2 aromatic rings. The van der Waals surface area contributed by atoms with E-state index in [1.54, 1.807) is 13.0 Å². The average molecular weight is 416 g/mol. The third-order valence-corrected chi connectivity index (χ3v) is 4.22. The van der Waals surface area contributed by atoms with E-state index in [1.165, 1.54) is 17.7 Å². The van der Waals surface area contributed by atoms with Gasteiger partial charge in [-0.25, -0.2) is 9.59 Å². The van der Waals surface area contributed by atoms with Gasteiger partial charge < -0.3 is 23.7 Å². The molecular formula is C23H28O7. The first kappa shape index (κ1) is 23.1. The summed E-state index contributed by atoms with van der Waals surface area (Å²) in [6, 6.07) is 4.51. The molecule has 0 aliphatic heterocycles. The summed E-state index contributed by atoms with van der Waals surface area (Å²) in [6.45, 7) is 7.94. The van der Waals surface area contributed by atoms with Crippen LogP contribution in [-0.4, -0.2) is 30.9 Å². The van der Waals surface area contributed by atoms with Gasteiger partial charge in [0.05, 0.1) is 12.0 Å². The van der Waals surface area contributed by atoms with Crippen LogP contribution in [0.1, 0.15) is 40.5 Å². The minimum Gasteiger partial charge on any atom is -0.504 e. The van der Waals surface area contributed by atoms with Crippen LogP contribution in [0.25, 0.3) is 11.0 Å². The smallest absolute Gasteiger partial charge is 0.383 e. The largest absolute Gasteiger partial charge is 0.504 e. The number of fused-ring (bicyclic) bond motifs is 1. The van der Waals surface area contributed by atoms with Gasteiger partial charge in [-0.2, -0.15) is 0 Å². The molecular weight excluding hydrogens is 388 g/mol. The number of rotatable bonds is 10. The van der Waals surface area contributed by atoms with Gasteiger partial charge in [-0.05, 0) is 58.7 Å². The van der Waals surface area contributed by atoms with E-state index in [0.29, 0.717) is 11.1 Å². The van der Waals surface area contributed by atoms with E-state index in [4.69, 9.17) is 18.6 Å². The minimum absolute atomic E-state index is 0.125. The topological polar surface area (TPSA) is 95.2 Å². The zero-order chi connectivity index (χ0) is 22.1. The highest BCUT2D eigenvalue weighted by Crippen LogP contribution is 2.33. The van der Waals surface area contributed by atoms with Crippen LogP contribution in [0.15, 0.2) is 50.7 Å². The van der Waals surface area contributed by atoms with Gasteiger partial charge in [0.25, 0.3) is 0 Å². The maximum absolute atomic E-state index is 12.2. The Labute approximate surface area is 175 Å². The summed E-state index contributed by atoms with van der Waals surface area (Å²) in [5.74, 6) is -0.735. The lowest BCUT2D eigenvalue weighted by Gasteiger charge is -2.09. The molecule has 0 amide bonds. The molecule has 0 aliphatic rings. The van der Waals surface area contributed by atoms with Gasteiger partial charge in [-0.1, -0.05) is 17.2 Å². The van der Waals surface area contributed by atoms with Crippen molar-refractivity contribution < 1.29 is 28.5 Å². The third kappa shape index (κ3) is 6.69. The Morgan fingerprint density at radius 3 is 2.63 bits per heavy atom. The van der Waals surface area contributed by atoms with Gasteiger partial charge in [-0.15, -0.1) is 0 Å². The van der Waals surface area contributed by atoms with Crippen molar-refractivity contribution in [3.8, 4) is 17.2 Å². The zero-order valence-corrected chi connectivity index (χ0v) is 17.8. The fourth-order valence-corrected chi connectivity index (χ4v) is 2.67. The van der Waals surface area contributed by atoms with E-state index in [9.17, 15) is 14.7 Å². The molecule has 7 heteroatoms. The number of carbonyl (C=O) groups excluding carboxylic acids is 1. The summed E-state index contributed by atoms with van der Waals surface area (Å²) in [4.78, 5) is 23.6. The lowest BCUT2D eigenvalue weighted by molar-refractivity contribution is -0.145. The van der Waals surface area contributed by atoms with Gasteiger partial charge in [0.2, 0.25) is 5.75 Å². The molecule has 0 radical (unpaired) electrons. The number of benzene rings is 1. The third-order valence-electron chi connectivity index (χ3n) is 4.22. The van der Waals surface area contributed by atoms with Gasteiger partial charge in [0.15, 0.2) is 12.4 Å². The van der Waals surface area contributed by atoms with Crippen LogP contribution in [0.3, 0.4) is 0 Å². The Morgan fingerprint density at radius 1 is 1.17 bits per heavy atom. The quantitative estimate of drug-likeness (QED) is 0.346. The van der Waals surface area contributed by atoms with E-state index >= 15 is 0 Å². The molecule has 2 rings (SSSR count). The molecule has 30 heavy (non-hydrogen) atoms. The zero-order valence-electron chi connectivity index (χ0n) is 17.8. The predicted octanol–water partition coefficient (Wildman–Crippen LogP) is 4.51. The molecule has 0 spiro atoms. The molecule has 162 valence electrons. The van der Waals surface area contributed by atoms with Crippen molar-refractivity contribution in [2.24, 2.45) is 0 Å². The molecule has 1 N–H and O–H groups in total. The number of allylic oxidation sites excluding steroid dienone is 3. The second-order valence-electron chi connectivity index (χ2n) is 7.00. The summed E-state index contributed by atoms with van der Waals surface area (Å²) >= 11 is 0. The molecule has 1 aromatic carbocycles. The predicted molar refractivity (Wildman–Crippen MR) is 114 cm³/mol. The highest BCUT2D eigenvalue weighted by atomic mass is 16.6. The fourth-order valence-electron chi connectivity index (χ4n) is 2.67. The summed E-state index contributed by atoms with van der Waals surface area (Å²) in [6.07, 6.45) is 5.86. The van der Waals surface area contributed by atoms with Crippen LogP contribution in [0.2, 0.25) is 0 Å². The van der Waals surface area contributed by atoms with Crippen molar-refractivity contribution >= 4 is 16.9 Å². The van der Waals surface area contributed by atoms with Crippen molar-refractivity contribution in [3.05, 3.63) is 51.9 Å². The molecule has 7 nitrogen and oxygen atoms in total. The van der Waals surface area contributed by atoms with Crippen molar-refractivity contribution in [2.75, 3.05) is 19.8 Å². The van der Waals surface area contributed by atoms with Gasteiger partial charge in [-0.3, -0.25) is 0 Å². The Hall–Kier alpha value is -3.22. The SMILES string of the molecule is CCOC(=O)COc1ccc2c(O)c(OCC=C(C)CCC=C(C)C)c(=O)oc2c1. The van der Waals surface area contributed by atoms with Crippen molar-refractivity contribution in [1.82, 2.24) is 0 Å². The van der Waals surface area contributed by atoms with Crippen LogP contribution in [0, 0.1) is 0 Å². The van der Waals surface area contributed by atoms with Crippen LogP contribution in [0.5, 0.6) is 17.2 Å². The lowest BCUT2D eigenvalue weighted by Crippen LogP contribution is -2.14. The Morgan fingerprint density at radius 2 is 1.93 bits per heavy atom. The molecule has 1 aromatic heterocycles. The maximum atomic E-state index is 12.2. The molecule has 0 unspecified atom stereocenters.